The highest BCUT2D eigenvalue weighted by Gasteiger charge is 2.29. The van der Waals surface area contributed by atoms with E-state index in [0.717, 1.165) is 24.0 Å². The molecule has 6 heteroatoms. The van der Waals surface area contributed by atoms with Gasteiger partial charge in [-0.15, -0.1) is 11.3 Å². The number of hydrogen-bond acceptors (Lipinski definition) is 4. The molecule has 32 heavy (non-hydrogen) atoms. The number of fused-ring (bicyclic) bond motifs is 1. The van der Waals surface area contributed by atoms with Crippen LogP contribution < -0.4 is 5.32 Å². The Morgan fingerprint density at radius 2 is 1.84 bits per heavy atom. The van der Waals surface area contributed by atoms with Crippen molar-refractivity contribution in [3.63, 3.8) is 0 Å². The quantitative estimate of drug-likeness (QED) is 0.377. The maximum Gasteiger partial charge on any atom is 0.342 e. The van der Waals surface area contributed by atoms with E-state index in [-0.39, 0.29) is 11.8 Å². The van der Waals surface area contributed by atoms with Gasteiger partial charge in [0.25, 0.3) is 0 Å². The lowest BCUT2D eigenvalue weighted by Gasteiger charge is -2.24. The molecule has 1 aliphatic rings. The summed E-state index contributed by atoms with van der Waals surface area (Å²) in [6.45, 7) is 9.20. The summed E-state index contributed by atoms with van der Waals surface area (Å²) in [5, 5.41) is 6.08. The van der Waals surface area contributed by atoms with Crippen molar-refractivity contribution in [2.24, 2.45) is 5.92 Å². The van der Waals surface area contributed by atoms with Gasteiger partial charge >= 0.3 is 5.97 Å². The van der Waals surface area contributed by atoms with E-state index in [1.165, 1.54) is 22.5 Å². The van der Waals surface area contributed by atoms with Crippen LogP contribution in [-0.2, 0) is 22.4 Å². The first-order valence-corrected chi connectivity index (χ1v) is 12.0. The van der Waals surface area contributed by atoms with Crippen molar-refractivity contribution in [3.8, 4) is 0 Å². The zero-order valence-electron chi connectivity index (χ0n) is 19.3. The lowest BCUT2D eigenvalue weighted by molar-refractivity contribution is -0.120. The Morgan fingerprint density at radius 1 is 1.16 bits per heavy atom. The molecule has 1 aliphatic carbocycles. The third-order valence-corrected chi connectivity index (χ3v) is 6.36. The average molecular weight is 472 g/mol. The molecule has 1 amide bonds. The lowest BCUT2D eigenvalue weighted by Crippen LogP contribution is -2.29. The number of carbonyl (C=O) groups excluding carboxylic acids is 2. The van der Waals surface area contributed by atoms with Gasteiger partial charge in [-0.1, -0.05) is 41.9 Å². The summed E-state index contributed by atoms with van der Waals surface area (Å²) >= 11 is 7.31. The first kappa shape index (κ1) is 24.3. The van der Waals surface area contributed by atoms with Crippen LogP contribution in [0.3, 0.4) is 0 Å². The molecule has 0 saturated heterocycles. The second kappa shape index (κ2) is 10.1. The van der Waals surface area contributed by atoms with Gasteiger partial charge < -0.3 is 10.1 Å². The highest BCUT2D eigenvalue weighted by molar-refractivity contribution is 7.15. The van der Waals surface area contributed by atoms with Crippen LogP contribution in [0.5, 0.6) is 0 Å². The molecule has 1 aromatic heterocycles. The maximum atomic E-state index is 13.1. The molecule has 0 aliphatic heterocycles. The summed E-state index contributed by atoms with van der Waals surface area (Å²) < 4.78 is 5.66. The van der Waals surface area contributed by atoms with Crippen molar-refractivity contribution in [2.45, 2.75) is 59.5 Å². The lowest BCUT2D eigenvalue weighted by atomic mass is 9.83. The molecule has 0 spiro atoms. The fourth-order valence-electron chi connectivity index (χ4n) is 3.74. The zero-order chi connectivity index (χ0) is 23.5. The topological polar surface area (TPSA) is 55.4 Å². The Kier molecular flexibility index (Phi) is 7.63. The van der Waals surface area contributed by atoms with Crippen LogP contribution in [0.2, 0.25) is 0 Å². The molecule has 1 aromatic carbocycles. The molecule has 1 N–H and O–H groups in total. The highest BCUT2D eigenvalue weighted by Crippen LogP contribution is 2.35. The smallest absolute Gasteiger partial charge is 0.342 e. The van der Waals surface area contributed by atoms with E-state index >= 15 is 0 Å². The molecule has 1 atom stereocenters. The number of benzene rings is 1. The predicted octanol–water partition coefficient (Wildman–Crippen LogP) is 6.99. The number of anilines is 1. The average Bonchev–Trinajstić information content (AvgIpc) is 3.14. The number of aryl methyl sites for hydroxylation is 1. The van der Waals surface area contributed by atoms with Crippen molar-refractivity contribution >= 4 is 45.4 Å². The van der Waals surface area contributed by atoms with Crippen LogP contribution in [0.25, 0.3) is 5.57 Å². The molecule has 1 unspecified atom stereocenters. The van der Waals surface area contributed by atoms with E-state index in [0.29, 0.717) is 22.0 Å². The van der Waals surface area contributed by atoms with Gasteiger partial charge in [0.15, 0.2) is 0 Å². The minimum absolute atomic E-state index is 0.0594. The molecule has 0 bridgehead atoms. The monoisotopic (exact) mass is 471 g/mol. The van der Waals surface area contributed by atoms with Gasteiger partial charge in [-0.05, 0) is 76.7 Å². The zero-order valence-corrected chi connectivity index (χ0v) is 20.8. The third kappa shape index (κ3) is 6.11. The number of ether oxygens (including phenoxy) is 1. The van der Waals surface area contributed by atoms with E-state index in [1.807, 2.05) is 51.3 Å². The largest absolute Gasteiger partial charge is 0.456 e. The molecular weight excluding hydrogens is 442 g/mol. The van der Waals surface area contributed by atoms with Crippen LogP contribution in [0, 0.1) is 5.92 Å². The van der Waals surface area contributed by atoms with Crippen molar-refractivity contribution in [1.82, 2.24) is 0 Å². The maximum absolute atomic E-state index is 13.1. The van der Waals surface area contributed by atoms with Gasteiger partial charge in [0, 0.05) is 21.9 Å². The molecule has 1 heterocycles. The van der Waals surface area contributed by atoms with Crippen LogP contribution in [-0.4, -0.2) is 17.5 Å². The third-order valence-electron chi connectivity index (χ3n) is 5.34. The normalized spacial score (nSPS) is 17.0. The van der Waals surface area contributed by atoms with E-state index in [2.05, 4.69) is 17.4 Å². The predicted molar refractivity (Wildman–Crippen MR) is 133 cm³/mol. The van der Waals surface area contributed by atoms with Gasteiger partial charge in [0.05, 0.1) is 0 Å². The fraction of sp³-hybridized carbons (Fsp3) is 0.385. The van der Waals surface area contributed by atoms with E-state index in [1.54, 1.807) is 13.0 Å². The summed E-state index contributed by atoms with van der Waals surface area (Å²) in [6, 6.07) is 8.26. The van der Waals surface area contributed by atoms with E-state index in [9.17, 15) is 9.59 Å². The molecule has 0 saturated carbocycles. The Labute approximate surface area is 199 Å². The van der Waals surface area contributed by atoms with Gasteiger partial charge in [-0.3, -0.25) is 4.79 Å². The minimum Gasteiger partial charge on any atom is -0.456 e. The second-order valence-electron chi connectivity index (χ2n) is 9.16. The summed E-state index contributed by atoms with van der Waals surface area (Å²) in [4.78, 5) is 26.2. The summed E-state index contributed by atoms with van der Waals surface area (Å²) in [5.41, 5.74) is 3.89. The van der Waals surface area contributed by atoms with Crippen LogP contribution in [0.15, 0.2) is 46.8 Å². The van der Waals surface area contributed by atoms with Crippen molar-refractivity contribution in [1.29, 1.82) is 0 Å². The van der Waals surface area contributed by atoms with Crippen molar-refractivity contribution in [2.75, 3.05) is 5.32 Å². The number of nitrogens with one attached hydrogen (secondary N) is 1. The van der Waals surface area contributed by atoms with E-state index in [4.69, 9.17) is 16.3 Å². The Hall–Kier alpha value is -2.37. The van der Waals surface area contributed by atoms with Crippen LogP contribution in [0.4, 0.5) is 5.00 Å². The number of allylic oxidation sites excluding steroid dienone is 4. The Bertz CT molecular complexity index is 1070. The summed E-state index contributed by atoms with van der Waals surface area (Å²) in [7, 11) is 0. The molecule has 0 radical (unpaired) electrons. The Morgan fingerprint density at radius 3 is 2.50 bits per heavy atom. The number of rotatable bonds is 5. The van der Waals surface area contributed by atoms with Crippen LogP contribution >= 0.6 is 22.9 Å². The van der Waals surface area contributed by atoms with Gasteiger partial charge in [0.1, 0.15) is 16.2 Å². The highest BCUT2D eigenvalue weighted by atomic mass is 35.5. The standard InChI is InChI=1S/C26H30ClNO3S/c1-16(10-11-17(2)27)21-15-32-24(22(21)25(30)31-26(3,4)5)28-23(29)20-13-12-18-8-6-7-9-19(18)14-20/h6-11,15,20H,12-14H2,1-5H3,(H,28,29)/b16-10+,17-11+. The summed E-state index contributed by atoms with van der Waals surface area (Å²) in [6.07, 6.45) is 6.03. The molecule has 2 aromatic rings. The van der Waals surface area contributed by atoms with Crippen LogP contribution in [0.1, 0.15) is 68.1 Å². The summed E-state index contributed by atoms with van der Waals surface area (Å²) in [5.74, 6) is -0.631. The molecule has 0 fully saturated rings. The number of esters is 1. The number of hydrogen-bond donors (Lipinski definition) is 1. The van der Waals surface area contributed by atoms with Gasteiger partial charge in [0.2, 0.25) is 5.91 Å². The van der Waals surface area contributed by atoms with Crippen molar-refractivity contribution < 1.29 is 14.3 Å². The Balaban J connectivity index is 1.88. The number of thiophene rings is 1. The first-order chi connectivity index (χ1) is 15.0. The molecule has 4 nitrogen and oxygen atoms in total. The SMILES string of the molecule is C/C(Cl)=C\C=C(/C)c1csc(NC(=O)C2CCc3ccccc3C2)c1C(=O)OC(C)(C)C. The van der Waals surface area contributed by atoms with Crippen molar-refractivity contribution in [3.05, 3.63) is 69.1 Å². The first-order valence-electron chi connectivity index (χ1n) is 10.8. The molecule has 170 valence electrons. The number of halogens is 1. The number of carbonyl (C=O) groups is 2. The minimum atomic E-state index is -0.644. The van der Waals surface area contributed by atoms with Gasteiger partial charge in [-0.2, -0.15) is 0 Å². The van der Waals surface area contributed by atoms with Gasteiger partial charge in [-0.25, -0.2) is 4.79 Å². The second-order valence-corrected chi connectivity index (χ2v) is 10.6. The van der Waals surface area contributed by atoms with E-state index < -0.39 is 11.6 Å². The molecule has 3 rings (SSSR count). The molecular formula is C26H30ClNO3S. The fourth-order valence-corrected chi connectivity index (χ4v) is 4.81. The number of amides is 1.